The summed E-state index contributed by atoms with van der Waals surface area (Å²) in [6, 6.07) is 26.1. The molecule has 306 valence electrons. The zero-order valence-corrected chi connectivity index (χ0v) is 37.3. The number of hydrogen-bond donors (Lipinski definition) is 0. The Morgan fingerprint density at radius 3 is 1.46 bits per heavy atom. The highest BCUT2D eigenvalue weighted by molar-refractivity contribution is 5.15. The Hall–Kier alpha value is -4.58. The third-order valence-electron chi connectivity index (χ3n) is 8.03. The van der Waals surface area contributed by atoms with Gasteiger partial charge in [-0.25, -0.2) is 0 Å². The monoisotopic (exact) mass is 763 g/mol. The van der Waals surface area contributed by atoms with E-state index in [4.69, 9.17) is 0 Å². The fraction of sp³-hybridized carbons (Fsp3) is 0.480. The molecule has 0 aliphatic carbocycles. The van der Waals surface area contributed by atoms with Gasteiger partial charge in [-0.2, -0.15) is 0 Å². The molecule has 5 rings (SSSR count). The van der Waals surface area contributed by atoms with Crippen LogP contribution in [0.5, 0.6) is 0 Å². The third kappa shape index (κ3) is 25.5. The second kappa shape index (κ2) is 25.6. The lowest BCUT2D eigenvalue weighted by Crippen LogP contribution is -2.17. The van der Waals surface area contributed by atoms with Crippen LogP contribution < -0.4 is 11.1 Å². The number of nitrogens with zero attached hydrogens (tertiary/aromatic N) is 4. The minimum Gasteiger partial charge on any atom is -0.319 e. The van der Waals surface area contributed by atoms with Gasteiger partial charge in [-0.3, -0.25) is 19.6 Å². The van der Waals surface area contributed by atoms with Gasteiger partial charge < -0.3 is 9.13 Å². The lowest BCUT2D eigenvalue weighted by atomic mass is 9.88. The van der Waals surface area contributed by atoms with E-state index in [0.29, 0.717) is 0 Å². The van der Waals surface area contributed by atoms with E-state index in [0.717, 1.165) is 49.0 Å². The summed E-state index contributed by atoms with van der Waals surface area (Å²) in [6.45, 7) is 26.5. The van der Waals surface area contributed by atoms with Crippen molar-refractivity contribution in [3.63, 3.8) is 0 Å². The molecule has 0 aliphatic rings. The van der Waals surface area contributed by atoms with Crippen molar-refractivity contribution in [1.29, 1.82) is 0 Å². The van der Waals surface area contributed by atoms with E-state index in [1.807, 2.05) is 55.4 Å². The number of hydrogen-bond acceptors (Lipinski definition) is 4. The summed E-state index contributed by atoms with van der Waals surface area (Å²) in [5.41, 5.74) is 7.13. The lowest BCUT2D eigenvalue weighted by Gasteiger charge is -2.18. The normalized spacial score (nSPS) is 10.9. The van der Waals surface area contributed by atoms with Crippen LogP contribution in [-0.2, 0) is 46.2 Å². The van der Waals surface area contributed by atoms with E-state index in [1.54, 1.807) is 35.4 Å². The highest BCUT2D eigenvalue weighted by Gasteiger charge is 2.12. The first-order chi connectivity index (χ1) is 26.1. The summed E-state index contributed by atoms with van der Waals surface area (Å²) >= 11 is 0. The molecule has 0 spiro atoms. The van der Waals surface area contributed by atoms with Crippen LogP contribution in [0, 0.1) is 28.6 Å². The SMILES string of the molecule is CC(C)Cc1ccccc1.CC(C)Cc1cccnc1.CC(C)Cc1ccncc1.Cn1cc(CC(C)(C)C)ccc1=O.Cn1ccc(CC(C)(C)C)cc1=O. The third-order valence-corrected chi connectivity index (χ3v) is 8.03. The quantitative estimate of drug-likeness (QED) is 0.158. The number of pyridine rings is 4. The first-order valence-corrected chi connectivity index (χ1v) is 20.3. The van der Waals surface area contributed by atoms with Crippen molar-refractivity contribution in [2.45, 2.75) is 115 Å². The zero-order chi connectivity index (χ0) is 42.3. The van der Waals surface area contributed by atoms with E-state index in [-0.39, 0.29) is 21.9 Å². The molecule has 0 radical (unpaired) electrons. The van der Waals surface area contributed by atoms with Crippen molar-refractivity contribution < 1.29 is 0 Å². The Bertz CT molecular complexity index is 1750. The van der Waals surface area contributed by atoms with Crippen LogP contribution in [0.15, 0.2) is 126 Å². The zero-order valence-electron chi connectivity index (χ0n) is 37.3. The van der Waals surface area contributed by atoms with Crippen molar-refractivity contribution in [2.75, 3.05) is 0 Å². The second-order valence-electron chi connectivity index (χ2n) is 18.4. The molecule has 0 saturated carbocycles. The van der Waals surface area contributed by atoms with Crippen molar-refractivity contribution in [2.24, 2.45) is 42.7 Å². The highest BCUT2D eigenvalue weighted by Crippen LogP contribution is 2.20. The van der Waals surface area contributed by atoms with Gasteiger partial charge in [0.1, 0.15) is 0 Å². The fourth-order valence-electron chi connectivity index (χ4n) is 5.75. The molecule has 6 heteroatoms. The molecule has 5 aromatic rings. The molecule has 0 N–H and O–H groups in total. The molecule has 0 bridgehead atoms. The van der Waals surface area contributed by atoms with Gasteiger partial charge in [-0.15, -0.1) is 0 Å². The van der Waals surface area contributed by atoms with Crippen LogP contribution in [0.3, 0.4) is 0 Å². The summed E-state index contributed by atoms with van der Waals surface area (Å²) in [5, 5.41) is 0. The summed E-state index contributed by atoms with van der Waals surface area (Å²) in [7, 11) is 3.55. The maximum absolute atomic E-state index is 11.3. The Kier molecular flexibility index (Phi) is 22.6. The van der Waals surface area contributed by atoms with E-state index in [2.05, 4.69) is 142 Å². The Labute approximate surface area is 340 Å². The standard InChI is InChI=1S/2C11H17NO.C10H14.2C9H13N/c1-11(2,3)8-9-5-6-12(4)10(13)7-9;1-11(2,3)7-9-5-6-10(13)12(4)8-9;1-9(2)8-10-6-4-3-5-7-10;1-8(2)7-9-3-5-10-6-4-9;1-8(2)6-9-4-3-5-10-7-9/h5-7H,8H2,1-4H3;5-6,8H,7H2,1-4H3;3-7,9H,8H2,1-2H3;3-6,8H,7H2,1-2H3;3-5,7-8H,6H2,1-2H3. The Morgan fingerprint density at radius 2 is 1.00 bits per heavy atom. The van der Waals surface area contributed by atoms with Crippen LogP contribution in [0.4, 0.5) is 0 Å². The molecule has 0 saturated heterocycles. The molecule has 0 fully saturated rings. The maximum atomic E-state index is 11.3. The molecule has 1 aromatic carbocycles. The number of rotatable bonds is 8. The van der Waals surface area contributed by atoms with Crippen LogP contribution in [0.1, 0.15) is 111 Å². The molecule has 0 unspecified atom stereocenters. The van der Waals surface area contributed by atoms with Gasteiger partial charge in [0, 0.05) is 63.4 Å². The highest BCUT2D eigenvalue weighted by atomic mass is 16.1. The minimum absolute atomic E-state index is 0.0534. The van der Waals surface area contributed by atoms with Crippen molar-refractivity contribution in [1.82, 2.24) is 19.1 Å². The first-order valence-electron chi connectivity index (χ1n) is 20.3. The number of benzene rings is 1. The molecule has 0 amide bonds. The Morgan fingerprint density at radius 1 is 0.500 bits per heavy atom. The largest absolute Gasteiger partial charge is 0.319 e. The second-order valence-corrected chi connectivity index (χ2v) is 18.4. The smallest absolute Gasteiger partial charge is 0.250 e. The maximum Gasteiger partial charge on any atom is 0.250 e. The van der Waals surface area contributed by atoms with Gasteiger partial charge in [0.05, 0.1) is 0 Å². The predicted molar refractivity (Wildman–Crippen MR) is 240 cm³/mol. The molecular formula is C50H74N4O2. The molecule has 0 aliphatic heterocycles. The number of aromatic nitrogens is 4. The number of aryl methyl sites for hydroxylation is 2. The molecule has 4 heterocycles. The van der Waals surface area contributed by atoms with Gasteiger partial charge in [0.15, 0.2) is 0 Å². The first kappa shape index (κ1) is 49.4. The van der Waals surface area contributed by atoms with Crippen LogP contribution in [-0.4, -0.2) is 19.1 Å². The van der Waals surface area contributed by atoms with E-state index >= 15 is 0 Å². The molecular weight excluding hydrogens is 689 g/mol. The summed E-state index contributed by atoms with van der Waals surface area (Å²) in [4.78, 5) is 30.4. The summed E-state index contributed by atoms with van der Waals surface area (Å²) in [5.74, 6) is 2.23. The Balaban J connectivity index is 0.000000352. The molecule has 4 aromatic heterocycles. The fourth-order valence-corrected chi connectivity index (χ4v) is 5.75. The molecule has 56 heavy (non-hydrogen) atoms. The van der Waals surface area contributed by atoms with E-state index in [1.165, 1.54) is 28.7 Å². The topological polar surface area (TPSA) is 69.8 Å². The summed E-state index contributed by atoms with van der Waals surface area (Å²) < 4.78 is 3.22. The molecule has 0 atom stereocenters. The predicted octanol–water partition coefficient (Wildman–Crippen LogP) is 11.4. The van der Waals surface area contributed by atoms with Crippen molar-refractivity contribution >= 4 is 0 Å². The average Bonchev–Trinajstić information content (AvgIpc) is 3.09. The average molecular weight is 763 g/mol. The van der Waals surface area contributed by atoms with E-state index in [9.17, 15) is 9.59 Å². The van der Waals surface area contributed by atoms with Gasteiger partial charge in [-0.1, -0.05) is 126 Å². The van der Waals surface area contributed by atoms with Gasteiger partial charge in [0.25, 0.3) is 5.56 Å². The van der Waals surface area contributed by atoms with Crippen molar-refractivity contribution in [3.8, 4) is 0 Å². The van der Waals surface area contributed by atoms with Crippen molar-refractivity contribution in [3.05, 3.63) is 165 Å². The lowest BCUT2D eigenvalue weighted by molar-refractivity contribution is 0.409. The van der Waals surface area contributed by atoms with Crippen LogP contribution in [0.2, 0.25) is 0 Å². The summed E-state index contributed by atoms with van der Waals surface area (Å²) in [6.07, 6.45) is 16.6. The van der Waals surface area contributed by atoms with Gasteiger partial charge in [0.2, 0.25) is 5.56 Å². The van der Waals surface area contributed by atoms with Gasteiger partial charge in [-0.05, 0) is 113 Å². The van der Waals surface area contributed by atoms with Crippen LogP contribution in [0.25, 0.3) is 0 Å². The van der Waals surface area contributed by atoms with E-state index < -0.39 is 0 Å². The van der Waals surface area contributed by atoms with Crippen LogP contribution >= 0.6 is 0 Å². The minimum atomic E-state index is 0.0534. The molecule has 6 nitrogen and oxygen atoms in total. The van der Waals surface area contributed by atoms with Gasteiger partial charge >= 0.3 is 0 Å².